The summed E-state index contributed by atoms with van der Waals surface area (Å²) in [6.07, 6.45) is 11.8. The van der Waals surface area contributed by atoms with Crippen LogP contribution in [0.25, 0.3) is 22.6 Å². The summed E-state index contributed by atoms with van der Waals surface area (Å²) in [6, 6.07) is 7.49. The lowest BCUT2D eigenvalue weighted by Gasteiger charge is -2.34. The van der Waals surface area contributed by atoms with Crippen LogP contribution in [0, 0.1) is 0 Å². The summed E-state index contributed by atoms with van der Waals surface area (Å²) in [6.45, 7) is 2.42. The van der Waals surface area contributed by atoms with Gasteiger partial charge in [0.15, 0.2) is 5.82 Å². The Balaban J connectivity index is 1.13. The summed E-state index contributed by atoms with van der Waals surface area (Å²) in [5.41, 5.74) is 2.86. The molecule has 12 nitrogen and oxygen atoms in total. The quantitative estimate of drug-likeness (QED) is 0.216. The Kier molecular flexibility index (Phi) is 8.07. The molecule has 0 bridgehead atoms. The van der Waals surface area contributed by atoms with Gasteiger partial charge in [0.05, 0.1) is 46.4 Å². The van der Waals surface area contributed by atoms with E-state index >= 15 is 0 Å². The van der Waals surface area contributed by atoms with Gasteiger partial charge >= 0.3 is 0 Å². The Labute approximate surface area is 271 Å². The molecular formula is C32H37F2N9O3S. The summed E-state index contributed by atoms with van der Waals surface area (Å²) < 4.78 is 53.5. The second-order valence-corrected chi connectivity index (χ2v) is 15.1. The summed E-state index contributed by atoms with van der Waals surface area (Å²) in [4.78, 5) is 20.1. The fourth-order valence-electron chi connectivity index (χ4n) is 6.05. The second-order valence-electron chi connectivity index (χ2n) is 13.0. The van der Waals surface area contributed by atoms with E-state index in [0.717, 1.165) is 33.9 Å². The molecule has 0 unspecified atom stereocenters. The molecule has 4 aromatic heterocycles. The van der Waals surface area contributed by atoms with Gasteiger partial charge in [0, 0.05) is 61.7 Å². The highest BCUT2D eigenvalue weighted by atomic mass is 32.2. The molecule has 2 saturated carbocycles. The predicted molar refractivity (Wildman–Crippen MR) is 174 cm³/mol. The minimum absolute atomic E-state index is 0.132. The molecule has 47 heavy (non-hydrogen) atoms. The number of rotatable bonds is 9. The summed E-state index contributed by atoms with van der Waals surface area (Å²) in [5, 5.41) is 21.0. The molecule has 7 rings (SSSR count). The standard InChI is InChI=1S/C32H37F2N9O3S/c1-31(44)9-6-22(7-10-31)39-27-16-29(37-19-25(27)26-5-2-23(18-36-26)42-14-11-32(33,34)12-15-42)40-28-8-13-35-30(41-28)21-17-38-43(20-21)47(45,46)24-3-4-24/h2,5,8,13,16-20,22,24,44H,3-4,6-7,9-12,14-15H2,1H3,(H2,35,37,39,40,41). The lowest BCUT2D eigenvalue weighted by Crippen LogP contribution is -2.39. The third kappa shape index (κ3) is 7.05. The highest BCUT2D eigenvalue weighted by Crippen LogP contribution is 2.36. The van der Waals surface area contributed by atoms with Crippen molar-refractivity contribution in [3.05, 3.63) is 55.2 Å². The number of pyridine rings is 2. The molecule has 1 saturated heterocycles. The summed E-state index contributed by atoms with van der Waals surface area (Å²) >= 11 is 0. The molecule has 0 radical (unpaired) electrons. The van der Waals surface area contributed by atoms with Crippen LogP contribution in [-0.2, 0) is 10.0 Å². The lowest BCUT2D eigenvalue weighted by molar-refractivity contribution is -0.0220. The van der Waals surface area contributed by atoms with Gasteiger partial charge in [0.2, 0.25) is 0 Å². The molecule has 0 aromatic carbocycles. The van der Waals surface area contributed by atoms with Crippen LogP contribution in [-0.4, -0.2) is 78.6 Å². The van der Waals surface area contributed by atoms with Gasteiger partial charge in [-0.25, -0.2) is 32.2 Å². The fraction of sp³-hybridized carbons (Fsp3) is 0.469. The molecule has 5 heterocycles. The molecule has 248 valence electrons. The first-order valence-corrected chi connectivity index (χ1v) is 17.4. The SMILES string of the molecule is CC1(O)CCC(Nc2cc(Nc3ccnc(-c4cnn(S(=O)(=O)C5CC5)c4)n3)ncc2-c2ccc(N3CCC(F)(F)CC3)cn2)CC1. The smallest absolute Gasteiger partial charge is 0.256 e. The van der Waals surface area contributed by atoms with Crippen molar-refractivity contribution >= 4 is 33.0 Å². The number of aliphatic hydroxyl groups is 1. The van der Waals surface area contributed by atoms with E-state index in [1.54, 1.807) is 24.7 Å². The third-order valence-corrected chi connectivity index (χ3v) is 11.2. The largest absolute Gasteiger partial charge is 0.390 e. The van der Waals surface area contributed by atoms with E-state index in [4.69, 9.17) is 0 Å². The molecule has 0 amide bonds. The highest BCUT2D eigenvalue weighted by molar-refractivity contribution is 7.90. The topological polar surface area (TPSA) is 151 Å². The number of nitrogens with one attached hydrogen (secondary N) is 2. The Bertz CT molecular complexity index is 1840. The zero-order chi connectivity index (χ0) is 32.8. The van der Waals surface area contributed by atoms with Crippen LogP contribution in [0.15, 0.2) is 55.2 Å². The molecule has 3 aliphatic rings. The Morgan fingerprint density at radius 1 is 0.936 bits per heavy atom. The number of aromatic nitrogens is 6. The third-order valence-electron chi connectivity index (χ3n) is 9.15. The Morgan fingerprint density at radius 3 is 2.40 bits per heavy atom. The number of alkyl halides is 2. The van der Waals surface area contributed by atoms with Crippen molar-refractivity contribution in [2.75, 3.05) is 28.6 Å². The van der Waals surface area contributed by atoms with Crippen molar-refractivity contribution in [2.24, 2.45) is 0 Å². The molecule has 15 heteroatoms. The molecular weight excluding hydrogens is 628 g/mol. The van der Waals surface area contributed by atoms with Crippen molar-refractivity contribution in [1.82, 2.24) is 29.1 Å². The van der Waals surface area contributed by atoms with E-state index in [-0.39, 0.29) is 37.2 Å². The van der Waals surface area contributed by atoms with E-state index in [1.165, 1.54) is 12.4 Å². The molecule has 4 aromatic rings. The van der Waals surface area contributed by atoms with E-state index in [0.29, 0.717) is 54.4 Å². The van der Waals surface area contributed by atoms with Crippen molar-refractivity contribution in [2.45, 2.75) is 81.1 Å². The number of piperidine rings is 1. The van der Waals surface area contributed by atoms with Crippen molar-refractivity contribution in [3.63, 3.8) is 0 Å². The molecule has 3 fully saturated rings. The van der Waals surface area contributed by atoms with E-state index in [9.17, 15) is 22.3 Å². The summed E-state index contributed by atoms with van der Waals surface area (Å²) in [5.74, 6) is -1.32. The molecule has 3 N–H and O–H groups in total. The Hall–Kier alpha value is -4.24. The first-order chi connectivity index (χ1) is 22.4. The highest BCUT2D eigenvalue weighted by Gasteiger charge is 2.38. The number of halogens is 2. The van der Waals surface area contributed by atoms with Gasteiger partial charge in [-0.05, 0) is 63.6 Å². The van der Waals surface area contributed by atoms with E-state index in [2.05, 4.69) is 35.7 Å². The number of anilines is 4. The molecule has 1 aliphatic heterocycles. The Morgan fingerprint density at radius 2 is 1.70 bits per heavy atom. The minimum Gasteiger partial charge on any atom is -0.390 e. The maximum Gasteiger partial charge on any atom is 0.256 e. The maximum absolute atomic E-state index is 13.7. The van der Waals surface area contributed by atoms with Gasteiger partial charge in [-0.2, -0.15) is 9.19 Å². The number of hydrogen-bond acceptors (Lipinski definition) is 11. The predicted octanol–water partition coefficient (Wildman–Crippen LogP) is 5.22. The van der Waals surface area contributed by atoms with E-state index in [1.807, 2.05) is 30.0 Å². The lowest BCUT2D eigenvalue weighted by atomic mass is 9.83. The van der Waals surface area contributed by atoms with Crippen molar-refractivity contribution in [1.29, 1.82) is 0 Å². The normalized spacial score (nSPS) is 23.0. The minimum atomic E-state index is -3.51. The fourth-order valence-corrected chi connectivity index (χ4v) is 7.53. The zero-order valence-electron chi connectivity index (χ0n) is 26.0. The maximum atomic E-state index is 13.7. The summed E-state index contributed by atoms with van der Waals surface area (Å²) in [7, 11) is -3.51. The van der Waals surface area contributed by atoms with Gasteiger partial charge < -0.3 is 20.6 Å². The first kappa shape index (κ1) is 31.4. The average Bonchev–Trinajstić information content (AvgIpc) is 3.79. The van der Waals surface area contributed by atoms with E-state index < -0.39 is 21.5 Å². The van der Waals surface area contributed by atoms with Gasteiger partial charge in [0.25, 0.3) is 15.9 Å². The molecule has 0 spiro atoms. The van der Waals surface area contributed by atoms with Gasteiger partial charge in [-0.1, -0.05) is 0 Å². The molecule has 0 atom stereocenters. The number of nitrogens with zero attached hydrogens (tertiary/aromatic N) is 7. The average molecular weight is 666 g/mol. The second kappa shape index (κ2) is 12.1. The molecule has 2 aliphatic carbocycles. The van der Waals surface area contributed by atoms with Crippen LogP contribution in [0.1, 0.15) is 58.3 Å². The van der Waals surface area contributed by atoms with Gasteiger partial charge in [-0.15, -0.1) is 0 Å². The van der Waals surface area contributed by atoms with Crippen LogP contribution in [0.5, 0.6) is 0 Å². The van der Waals surface area contributed by atoms with Gasteiger partial charge in [-0.3, -0.25) is 4.98 Å². The van der Waals surface area contributed by atoms with Crippen molar-refractivity contribution in [3.8, 4) is 22.6 Å². The van der Waals surface area contributed by atoms with Crippen LogP contribution in [0.2, 0.25) is 0 Å². The van der Waals surface area contributed by atoms with Gasteiger partial charge in [0.1, 0.15) is 11.6 Å². The number of hydrogen-bond donors (Lipinski definition) is 3. The monoisotopic (exact) mass is 665 g/mol. The van der Waals surface area contributed by atoms with Crippen LogP contribution in [0.4, 0.5) is 31.8 Å². The van der Waals surface area contributed by atoms with Crippen LogP contribution < -0.4 is 15.5 Å². The zero-order valence-corrected chi connectivity index (χ0v) is 26.8. The first-order valence-electron chi connectivity index (χ1n) is 15.9. The van der Waals surface area contributed by atoms with Crippen LogP contribution in [0.3, 0.4) is 0 Å². The van der Waals surface area contributed by atoms with Crippen molar-refractivity contribution < 1.29 is 22.3 Å². The van der Waals surface area contributed by atoms with Crippen LogP contribution >= 0.6 is 0 Å².